The molecule has 124 valence electrons. The third kappa shape index (κ3) is 3.60. The highest BCUT2D eigenvalue weighted by Crippen LogP contribution is 2.29. The number of anilines is 1. The summed E-state index contributed by atoms with van der Waals surface area (Å²) in [5, 5.41) is 3.47. The van der Waals surface area contributed by atoms with Crippen molar-refractivity contribution in [3.05, 3.63) is 36.5 Å². The smallest absolute Gasteiger partial charge is 0.234 e. The topological polar surface area (TPSA) is 89.1 Å². The molecule has 0 atom stereocenters. The fourth-order valence-electron chi connectivity index (χ4n) is 2.11. The van der Waals surface area contributed by atoms with Gasteiger partial charge in [-0.25, -0.2) is 9.97 Å². The maximum atomic E-state index is 12.1. The Hall–Kier alpha value is -2.74. The molecular formula is C16H16N4O3S. The number of aromatic amines is 1. The van der Waals surface area contributed by atoms with Gasteiger partial charge in [-0.1, -0.05) is 11.8 Å². The summed E-state index contributed by atoms with van der Waals surface area (Å²) >= 11 is 1.31. The number of methoxy groups -OCH3 is 2. The van der Waals surface area contributed by atoms with Crippen molar-refractivity contribution in [3.8, 4) is 11.5 Å². The van der Waals surface area contributed by atoms with Crippen LogP contribution >= 0.6 is 11.8 Å². The highest BCUT2D eigenvalue weighted by Gasteiger charge is 2.11. The lowest BCUT2D eigenvalue weighted by Crippen LogP contribution is -2.14. The van der Waals surface area contributed by atoms with Crippen molar-refractivity contribution in [2.75, 3.05) is 25.3 Å². The van der Waals surface area contributed by atoms with Crippen LogP contribution in [-0.2, 0) is 4.79 Å². The number of hydrogen-bond donors (Lipinski definition) is 2. The SMILES string of the molecule is COc1ccc(NC(=O)CSc2nc3ncccc3[nH]2)c(OC)c1. The average molecular weight is 344 g/mol. The lowest BCUT2D eigenvalue weighted by Gasteiger charge is -2.11. The number of H-pyrrole nitrogens is 1. The van der Waals surface area contributed by atoms with Gasteiger partial charge in [-0.3, -0.25) is 4.79 Å². The van der Waals surface area contributed by atoms with Crippen molar-refractivity contribution in [1.82, 2.24) is 15.0 Å². The number of pyridine rings is 1. The molecule has 7 nitrogen and oxygen atoms in total. The Labute approximate surface area is 142 Å². The molecule has 3 aromatic rings. The minimum Gasteiger partial charge on any atom is -0.497 e. The van der Waals surface area contributed by atoms with Crippen LogP contribution < -0.4 is 14.8 Å². The molecule has 0 unspecified atom stereocenters. The van der Waals surface area contributed by atoms with Crippen LogP contribution in [0.15, 0.2) is 41.7 Å². The summed E-state index contributed by atoms with van der Waals surface area (Å²) in [7, 11) is 3.12. The molecule has 2 aromatic heterocycles. The number of amides is 1. The molecule has 0 spiro atoms. The number of fused-ring (bicyclic) bond motifs is 1. The normalized spacial score (nSPS) is 10.6. The lowest BCUT2D eigenvalue weighted by atomic mass is 10.2. The average Bonchev–Trinajstić information content (AvgIpc) is 3.03. The minimum atomic E-state index is -0.156. The number of carbonyl (C=O) groups excluding carboxylic acids is 1. The van der Waals surface area contributed by atoms with Gasteiger partial charge in [0.05, 0.1) is 31.2 Å². The molecule has 2 heterocycles. The standard InChI is InChI=1S/C16H16N4O3S/c1-22-10-5-6-11(13(8-10)23-2)18-14(21)9-24-16-19-12-4-3-7-17-15(12)20-16/h3-8H,9H2,1-2H3,(H,18,21)(H,17,19,20). The first-order valence-electron chi connectivity index (χ1n) is 7.15. The highest BCUT2D eigenvalue weighted by molar-refractivity contribution is 7.99. The fourth-order valence-corrected chi connectivity index (χ4v) is 2.79. The van der Waals surface area contributed by atoms with Crippen LogP contribution in [0.4, 0.5) is 5.69 Å². The van der Waals surface area contributed by atoms with Gasteiger partial charge < -0.3 is 19.8 Å². The molecule has 0 bridgehead atoms. The molecule has 1 aromatic carbocycles. The zero-order valence-electron chi connectivity index (χ0n) is 13.2. The van der Waals surface area contributed by atoms with Gasteiger partial charge in [0.2, 0.25) is 5.91 Å². The van der Waals surface area contributed by atoms with Crippen LogP contribution in [-0.4, -0.2) is 40.8 Å². The maximum Gasteiger partial charge on any atom is 0.234 e. The van der Waals surface area contributed by atoms with E-state index in [0.29, 0.717) is 28.0 Å². The molecule has 24 heavy (non-hydrogen) atoms. The molecule has 0 aliphatic carbocycles. The number of carbonyl (C=O) groups is 1. The van der Waals surface area contributed by atoms with Crippen LogP contribution in [0, 0.1) is 0 Å². The number of imidazole rings is 1. The summed E-state index contributed by atoms with van der Waals surface area (Å²) < 4.78 is 10.4. The first-order chi connectivity index (χ1) is 11.7. The molecule has 0 aliphatic heterocycles. The number of thioether (sulfide) groups is 1. The maximum absolute atomic E-state index is 12.1. The van der Waals surface area contributed by atoms with Gasteiger partial charge in [0.1, 0.15) is 11.5 Å². The van der Waals surface area contributed by atoms with Crippen LogP contribution in [0.5, 0.6) is 11.5 Å². The van der Waals surface area contributed by atoms with Crippen molar-refractivity contribution in [2.24, 2.45) is 0 Å². The fraction of sp³-hybridized carbons (Fsp3) is 0.188. The number of aromatic nitrogens is 3. The zero-order valence-corrected chi connectivity index (χ0v) is 14.0. The summed E-state index contributed by atoms with van der Waals surface area (Å²) in [4.78, 5) is 23.7. The van der Waals surface area contributed by atoms with Crippen molar-refractivity contribution < 1.29 is 14.3 Å². The molecule has 1 amide bonds. The van der Waals surface area contributed by atoms with Gasteiger partial charge in [0.25, 0.3) is 0 Å². The van der Waals surface area contributed by atoms with Crippen LogP contribution in [0.2, 0.25) is 0 Å². The van der Waals surface area contributed by atoms with Gasteiger partial charge >= 0.3 is 0 Å². The van der Waals surface area contributed by atoms with Gasteiger partial charge in [-0.15, -0.1) is 0 Å². The quantitative estimate of drug-likeness (QED) is 0.668. The van der Waals surface area contributed by atoms with E-state index in [1.165, 1.54) is 11.8 Å². The second-order valence-electron chi connectivity index (χ2n) is 4.82. The van der Waals surface area contributed by atoms with E-state index in [0.717, 1.165) is 5.52 Å². The van der Waals surface area contributed by atoms with Gasteiger partial charge in [-0.2, -0.15) is 0 Å². The summed E-state index contributed by atoms with van der Waals surface area (Å²) in [6.07, 6.45) is 1.68. The van der Waals surface area contributed by atoms with E-state index in [-0.39, 0.29) is 11.7 Å². The monoisotopic (exact) mass is 344 g/mol. The van der Waals surface area contributed by atoms with Crippen LogP contribution in [0.1, 0.15) is 0 Å². The molecule has 3 rings (SSSR count). The third-order valence-electron chi connectivity index (χ3n) is 3.26. The van der Waals surface area contributed by atoms with Crippen LogP contribution in [0.25, 0.3) is 11.2 Å². The predicted molar refractivity (Wildman–Crippen MR) is 92.8 cm³/mol. The Balaban J connectivity index is 1.63. The Morgan fingerprint density at radius 2 is 2.17 bits per heavy atom. The minimum absolute atomic E-state index is 0.156. The highest BCUT2D eigenvalue weighted by atomic mass is 32.2. The molecule has 8 heteroatoms. The van der Waals surface area contributed by atoms with E-state index in [2.05, 4.69) is 20.3 Å². The largest absolute Gasteiger partial charge is 0.497 e. The Bertz CT molecular complexity index is 832. The van der Waals surface area contributed by atoms with E-state index in [9.17, 15) is 4.79 Å². The number of ether oxygens (including phenoxy) is 2. The number of hydrogen-bond acceptors (Lipinski definition) is 6. The number of benzene rings is 1. The Kier molecular flexibility index (Phi) is 4.85. The van der Waals surface area contributed by atoms with Crippen LogP contribution in [0.3, 0.4) is 0 Å². The second-order valence-corrected chi connectivity index (χ2v) is 5.78. The van der Waals surface area contributed by atoms with Gasteiger partial charge in [0.15, 0.2) is 10.8 Å². The lowest BCUT2D eigenvalue weighted by molar-refractivity contribution is -0.113. The second kappa shape index (κ2) is 7.22. The van der Waals surface area contributed by atoms with Crippen molar-refractivity contribution in [2.45, 2.75) is 5.16 Å². The number of rotatable bonds is 6. The van der Waals surface area contributed by atoms with E-state index in [1.54, 1.807) is 38.6 Å². The number of nitrogens with one attached hydrogen (secondary N) is 2. The first-order valence-corrected chi connectivity index (χ1v) is 8.13. The summed E-state index contributed by atoms with van der Waals surface area (Å²) in [6, 6.07) is 8.94. The zero-order chi connectivity index (χ0) is 16.9. The summed E-state index contributed by atoms with van der Waals surface area (Å²) in [6.45, 7) is 0. The van der Waals surface area contributed by atoms with Gasteiger partial charge in [-0.05, 0) is 24.3 Å². The summed E-state index contributed by atoms with van der Waals surface area (Å²) in [5.74, 6) is 1.26. The van der Waals surface area contributed by atoms with E-state index < -0.39 is 0 Å². The van der Waals surface area contributed by atoms with E-state index in [4.69, 9.17) is 9.47 Å². The summed E-state index contributed by atoms with van der Waals surface area (Å²) in [5.41, 5.74) is 2.07. The molecule has 0 radical (unpaired) electrons. The Morgan fingerprint density at radius 1 is 1.29 bits per heavy atom. The van der Waals surface area contributed by atoms with E-state index >= 15 is 0 Å². The van der Waals surface area contributed by atoms with Crippen molar-refractivity contribution >= 4 is 34.5 Å². The number of nitrogens with zero attached hydrogens (tertiary/aromatic N) is 2. The molecule has 0 aliphatic rings. The van der Waals surface area contributed by atoms with Crippen molar-refractivity contribution in [1.29, 1.82) is 0 Å². The first kappa shape index (κ1) is 16.1. The predicted octanol–water partition coefficient (Wildman–Crippen LogP) is 2.71. The third-order valence-corrected chi connectivity index (χ3v) is 4.13. The molecule has 0 fully saturated rings. The molecule has 0 saturated carbocycles. The van der Waals surface area contributed by atoms with E-state index in [1.807, 2.05) is 12.1 Å². The van der Waals surface area contributed by atoms with Gasteiger partial charge in [0, 0.05) is 12.3 Å². The molecule has 2 N–H and O–H groups in total. The molecule has 0 saturated heterocycles. The van der Waals surface area contributed by atoms with Crippen molar-refractivity contribution in [3.63, 3.8) is 0 Å². The molecular weight excluding hydrogens is 328 g/mol. The Morgan fingerprint density at radius 3 is 2.92 bits per heavy atom.